The van der Waals surface area contributed by atoms with Gasteiger partial charge in [-0.2, -0.15) is 4.31 Å². The maximum atomic E-state index is 12.9. The molecule has 1 atom stereocenters. The largest absolute Gasteiger partial charge is 0.325 e. The minimum Gasteiger partial charge on any atom is -0.325 e. The minimum atomic E-state index is -3.74. The van der Waals surface area contributed by atoms with Crippen LogP contribution in [0.15, 0.2) is 45.5 Å². The standard InChI is InChI=1S/C17H19ClN2O3S3/c1-24-13-7-5-12(6-8-13)19-17(21)14-4-2-3-11-20(14)26(22,23)16-10-9-15(18)25-16/h5-10,14H,2-4,11H2,1H3,(H,19,21)/t14-/m1/s1. The second-order valence-electron chi connectivity index (χ2n) is 5.90. The number of nitrogens with one attached hydrogen (secondary N) is 1. The molecule has 1 aromatic carbocycles. The summed E-state index contributed by atoms with van der Waals surface area (Å²) in [6.45, 7) is 0.335. The van der Waals surface area contributed by atoms with Gasteiger partial charge in [-0.15, -0.1) is 23.1 Å². The molecular formula is C17H19ClN2O3S3. The van der Waals surface area contributed by atoms with Crippen molar-refractivity contribution in [3.8, 4) is 0 Å². The molecule has 26 heavy (non-hydrogen) atoms. The fraction of sp³-hybridized carbons (Fsp3) is 0.353. The molecule has 0 saturated carbocycles. The molecule has 9 heteroatoms. The van der Waals surface area contributed by atoms with Crippen LogP contribution >= 0.6 is 34.7 Å². The number of anilines is 1. The van der Waals surface area contributed by atoms with Gasteiger partial charge in [-0.05, 0) is 55.5 Å². The highest BCUT2D eigenvalue weighted by atomic mass is 35.5. The maximum absolute atomic E-state index is 12.9. The molecule has 1 aliphatic heterocycles. The minimum absolute atomic E-state index is 0.173. The highest BCUT2D eigenvalue weighted by Gasteiger charge is 2.38. The molecule has 1 aromatic heterocycles. The van der Waals surface area contributed by atoms with Crippen molar-refractivity contribution in [1.82, 2.24) is 4.31 Å². The van der Waals surface area contributed by atoms with Gasteiger partial charge < -0.3 is 5.32 Å². The number of thioether (sulfide) groups is 1. The number of benzene rings is 1. The van der Waals surface area contributed by atoms with Crippen LogP contribution in [0.25, 0.3) is 0 Å². The molecule has 1 fully saturated rings. The van der Waals surface area contributed by atoms with Gasteiger partial charge in [-0.25, -0.2) is 8.42 Å². The van der Waals surface area contributed by atoms with E-state index in [4.69, 9.17) is 11.6 Å². The van der Waals surface area contributed by atoms with Crippen molar-refractivity contribution in [2.75, 3.05) is 18.1 Å². The Morgan fingerprint density at radius 2 is 1.96 bits per heavy atom. The fourth-order valence-electron chi connectivity index (χ4n) is 2.91. The molecule has 1 N–H and O–H groups in total. The number of nitrogens with zero attached hydrogens (tertiary/aromatic N) is 1. The van der Waals surface area contributed by atoms with Gasteiger partial charge in [0.05, 0.1) is 4.34 Å². The second kappa shape index (κ2) is 8.31. The van der Waals surface area contributed by atoms with Crippen molar-refractivity contribution in [3.63, 3.8) is 0 Å². The monoisotopic (exact) mass is 430 g/mol. The Balaban J connectivity index is 1.80. The van der Waals surface area contributed by atoms with E-state index in [2.05, 4.69) is 5.32 Å². The summed E-state index contributed by atoms with van der Waals surface area (Å²) >= 11 is 8.52. The molecule has 2 aromatic rings. The molecule has 1 saturated heterocycles. The number of hydrogen-bond donors (Lipinski definition) is 1. The van der Waals surface area contributed by atoms with E-state index >= 15 is 0 Å². The number of sulfonamides is 1. The van der Waals surface area contributed by atoms with Gasteiger partial charge in [0.25, 0.3) is 10.0 Å². The lowest BCUT2D eigenvalue weighted by Crippen LogP contribution is -2.49. The molecule has 5 nitrogen and oxygen atoms in total. The molecule has 2 heterocycles. The van der Waals surface area contributed by atoms with E-state index in [0.29, 0.717) is 23.0 Å². The van der Waals surface area contributed by atoms with Crippen LogP contribution in [0.4, 0.5) is 5.69 Å². The normalized spacial score (nSPS) is 18.6. The van der Waals surface area contributed by atoms with Crippen molar-refractivity contribution in [3.05, 3.63) is 40.7 Å². The number of hydrogen-bond acceptors (Lipinski definition) is 5. The first-order valence-electron chi connectivity index (χ1n) is 8.14. The van der Waals surface area contributed by atoms with Crippen molar-refractivity contribution < 1.29 is 13.2 Å². The Morgan fingerprint density at radius 3 is 2.58 bits per heavy atom. The predicted octanol–water partition coefficient (Wildman–Crippen LogP) is 4.31. The molecule has 0 aliphatic carbocycles. The van der Waals surface area contributed by atoms with Gasteiger partial charge in [0.1, 0.15) is 10.3 Å². The first kappa shape index (κ1) is 19.7. The SMILES string of the molecule is CSc1ccc(NC(=O)[C@H]2CCCCN2S(=O)(=O)c2ccc(Cl)s2)cc1. The zero-order valence-electron chi connectivity index (χ0n) is 14.1. The van der Waals surface area contributed by atoms with Crippen molar-refractivity contribution >= 4 is 56.3 Å². The quantitative estimate of drug-likeness (QED) is 0.718. The Bertz CT molecular complexity index is 881. The average Bonchev–Trinajstić information content (AvgIpc) is 3.09. The Labute approximate surface area is 166 Å². The van der Waals surface area contributed by atoms with Crippen LogP contribution in [-0.4, -0.2) is 37.5 Å². The molecule has 1 amide bonds. The van der Waals surface area contributed by atoms with E-state index in [-0.39, 0.29) is 10.1 Å². The van der Waals surface area contributed by atoms with Crippen LogP contribution in [0.1, 0.15) is 19.3 Å². The first-order chi connectivity index (χ1) is 12.4. The van der Waals surface area contributed by atoms with Gasteiger partial charge in [-0.3, -0.25) is 4.79 Å². The summed E-state index contributed by atoms with van der Waals surface area (Å²) in [4.78, 5) is 13.9. The summed E-state index contributed by atoms with van der Waals surface area (Å²) in [5, 5.41) is 2.84. The number of thiophene rings is 1. The van der Waals surface area contributed by atoms with E-state index in [1.807, 2.05) is 30.5 Å². The summed E-state index contributed by atoms with van der Waals surface area (Å²) in [7, 11) is -3.74. The third-order valence-electron chi connectivity index (χ3n) is 4.23. The molecular weight excluding hydrogens is 412 g/mol. The molecule has 0 radical (unpaired) electrons. The van der Waals surface area contributed by atoms with Gasteiger partial charge in [0, 0.05) is 17.1 Å². The van der Waals surface area contributed by atoms with Crippen molar-refractivity contribution in [2.24, 2.45) is 0 Å². The molecule has 140 valence electrons. The number of piperidine rings is 1. The van der Waals surface area contributed by atoms with E-state index in [1.165, 1.54) is 10.4 Å². The lowest BCUT2D eigenvalue weighted by Gasteiger charge is -2.33. The topological polar surface area (TPSA) is 66.5 Å². The molecule has 0 unspecified atom stereocenters. The summed E-state index contributed by atoms with van der Waals surface area (Å²) in [5.41, 5.74) is 0.662. The summed E-state index contributed by atoms with van der Waals surface area (Å²) < 4.78 is 27.8. The van der Waals surface area contributed by atoms with Crippen molar-refractivity contribution in [2.45, 2.75) is 34.4 Å². The fourth-order valence-corrected chi connectivity index (χ4v) is 6.58. The third-order valence-corrected chi connectivity index (χ3v) is 8.58. The number of carbonyl (C=O) groups is 1. The number of carbonyl (C=O) groups excluding carboxylic acids is 1. The Kier molecular flexibility index (Phi) is 6.29. The van der Waals surface area contributed by atoms with Crippen LogP contribution in [-0.2, 0) is 14.8 Å². The highest BCUT2D eigenvalue weighted by molar-refractivity contribution is 7.98. The lowest BCUT2D eigenvalue weighted by atomic mass is 10.0. The van der Waals surface area contributed by atoms with Crippen molar-refractivity contribution in [1.29, 1.82) is 0 Å². The number of amides is 1. The zero-order chi connectivity index (χ0) is 18.7. The van der Waals surface area contributed by atoms with E-state index in [1.54, 1.807) is 17.8 Å². The second-order valence-corrected chi connectivity index (χ2v) is 10.6. The van der Waals surface area contributed by atoms with Crippen LogP contribution in [0.3, 0.4) is 0 Å². The molecule has 1 aliphatic rings. The summed E-state index contributed by atoms with van der Waals surface area (Å²) in [6.07, 6.45) is 4.05. The van der Waals surface area contributed by atoms with Gasteiger partial charge in [-0.1, -0.05) is 18.0 Å². The highest BCUT2D eigenvalue weighted by Crippen LogP contribution is 2.32. The van der Waals surface area contributed by atoms with E-state index in [0.717, 1.165) is 29.1 Å². The van der Waals surface area contributed by atoms with Crippen LogP contribution in [0.5, 0.6) is 0 Å². The number of rotatable bonds is 5. The van der Waals surface area contributed by atoms with Crippen LogP contribution in [0.2, 0.25) is 4.34 Å². The first-order valence-corrected chi connectivity index (χ1v) is 12.0. The number of halogens is 1. The van der Waals surface area contributed by atoms with Gasteiger partial charge >= 0.3 is 0 Å². The summed E-state index contributed by atoms with van der Waals surface area (Å²) in [6, 6.07) is 9.83. The van der Waals surface area contributed by atoms with Gasteiger partial charge in [0.2, 0.25) is 5.91 Å². The Morgan fingerprint density at radius 1 is 1.23 bits per heavy atom. The van der Waals surface area contributed by atoms with E-state index < -0.39 is 16.1 Å². The smallest absolute Gasteiger partial charge is 0.253 e. The predicted molar refractivity (Wildman–Crippen MR) is 108 cm³/mol. The molecule has 0 bridgehead atoms. The van der Waals surface area contributed by atoms with Crippen LogP contribution < -0.4 is 5.32 Å². The molecule has 0 spiro atoms. The summed E-state index contributed by atoms with van der Waals surface area (Å²) in [5.74, 6) is -0.298. The van der Waals surface area contributed by atoms with Gasteiger partial charge in [0.15, 0.2) is 0 Å². The Hall–Kier alpha value is -1.06. The van der Waals surface area contributed by atoms with Crippen LogP contribution in [0, 0.1) is 0 Å². The average molecular weight is 431 g/mol. The van der Waals surface area contributed by atoms with E-state index in [9.17, 15) is 13.2 Å². The lowest BCUT2D eigenvalue weighted by molar-refractivity contribution is -0.120. The maximum Gasteiger partial charge on any atom is 0.253 e. The zero-order valence-corrected chi connectivity index (χ0v) is 17.3. The third kappa shape index (κ3) is 4.26. The molecule has 3 rings (SSSR count).